The minimum absolute atomic E-state index is 0.784. The van der Waals surface area contributed by atoms with E-state index in [0.717, 1.165) is 27.8 Å². The predicted octanol–water partition coefficient (Wildman–Crippen LogP) is 5.04. The van der Waals surface area contributed by atoms with E-state index in [9.17, 15) is 0 Å². The van der Waals surface area contributed by atoms with Crippen molar-refractivity contribution in [3.8, 4) is 11.4 Å². The van der Waals surface area contributed by atoms with Crippen molar-refractivity contribution in [3.63, 3.8) is 0 Å². The van der Waals surface area contributed by atoms with Crippen LogP contribution in [0, 0.1) is 0 Å². The monoisotopic (exact) mass is 280 g/mol. The van der Waals surface area contributed by atoms with E-state index < -0.39 is 0 Å². The van der Waals surface area contributed by atoms with E-state index in [1.165, 1.54) is 16.2 Å². The second kappa shape index (κ2) is 4.25. The van der Waals surface area contributed by atoms with E-state index in [-0.39, 0.29) is 0 Å². The van der Waals surface area contributed by atoms with Gasteiger partial charge >= 0.3 is 0 Å². The molecule has 0 amide bonds. The molecule has 0 aliphatic carbocycles. The molecule has 5 aromatic rings. The minimum Gasteiger partial charge on any atom is -0.228 e. The molecule has 2 heteroatoms. The van der Waals surface area contributed by atoms with Gasteiger partial charge in [0.15, 0.2) is 5.82 Å². The van der Waals surface area contributed by atoms with Gasteiger partial charge in [-0.05, 0) is 22.9 Å². The highest BCUT2D eigenvalue weighted by Crippen LogP contribution is 2.33. The maximum absolute atomic E-state index is 4.79. The molecule has 0 atom stereocenters. The van der Waals surface area contributed by atoms with Crippen LogP contribution in [-0.4, -0.2) is 9.97 Å². The van der Waals surface area contributed by atoms with Crippen LogP contribution < -0.4 is 0 Å². The van der Waals surface area contributed by atoms with Crippen molar-refractivity contribution in [1.82, 2.24) is 9.97 Å². The molecule has 1 aromatic heterocycles. The van der Waals surface area contributed by atoms with Crippen LogP contribution in [-0.2, 0) is 0 Å². The summed E-state index contributed by atoms with van der Waals surface area (Å²) < 4.78 is 0. The van der Waals surface area contributed by atoms with Crippen molar-refractivity contribution >= 4 is 32.6 Å². The van der Waals surface area contributed by atoms with Crippen molar-refractivity contribution in [2.45, 2.75) is 0 Å². The highest BCUT2D eigenvalue weighted by atomic mass is 14.9. The van der Waals surface area contributed by atoms with Crippen molar-refractivity contribution in [3.05, 3.63) is 72.8 Å². The molecular formula is C20H12N2. The van der Waals surface area contributed by atoms with Gasteiger partial charge < -0.3 is 0 Å². The Hall–Kier alpha value is -3.00. The second-order valence-electron chi connectivity index (χ2n) is 5.54. The van der Waals surface area contributed by atoms with E-state index in [4.69, 9.17) is 9.97 Å². The molecule has 0 aliphatic heterocycles. The fraction of sp³-hybridized carbons (Fsp3) is 0. The molecule has 0 aliphatic rings. The summed E-state index contributed by atoms with van der Waals surface area (Å²) >= 11 is 0. The highest BCUT2D eigenvalue weighted by molar-refractivity contribution is 6.21. The number of nitrogens with zero attached hydrogens (tertiary/aromatic N) is 2. The van der Waals surface area contributed by atoms with Crippen LogP contribution in [0.3, 0.4) is 0 Å². The van der Waals surface area contributed by atoms with Gasteiger partial charge in [-0.2, -0.15) is 0 Å². The standard InChI is InChI=1S/C20H12N2/c1-2-5-15(6-3-1)20-21-16-11-9-13-7-4-8-14-10-12-17(22-20)19(16)18(13)14/h1-12H. The third-order valence-corrected chi connectivity index (χ3v) is 4.22. The first-order valence-corrected chi connectivity index (χ1v) is 7.37. The molecule has 1 heterocycles. The Bertz CT molecular complexity index is 1050. The molecule has 5 rings (SSSR count). The van der Waals surface area contributed by atoms with Gasteiger partial charge in [-0.15, -0.1) is 0 Å². The maximum Gasteiger partial charge on any atom is 0.160 e. The lowest BCUT2D eigenvalue weighted by Gasteiger charge is -2.10. The number of benzene rings is 4. The fourth-order valence-corrected chi connectivity index (χ4v) is 3.20. The molecule has 0 N–H and O–H groups in total. The van der Waals surface area contributed by atoms with Crippen LogP contribution in [0.2, 0.25) is 0 Å². The van der Waals surface area contributed by atoms with Gasteiger partial charge in [0.25, 0.3) is 0 Å². The molecular weight excluding hydrogens is 268 g/mol. The molecule has 0 radical (unpaired) electrons. The summed E-state index contributed by atoms with van der Waals surface area (Å²) in [7, 11) is 0. The number of rotatable bonds is 1. The molecule has 0 saturated carbocycles. The first-order chi connectivity index (χ1) is 10.9. The molecule has 4 aromatic carbocycles. The summed E-state index contributed by atoms with van der Waals surface area (Å²) in [5.74, 6) is 0.784. The van der Waals surface area contributed by atoms with Crippen LogP contribution in [0.15, 0.2) is 72.8 Å². The third-order valence-electron chi connectivity index (χ3n) is 4.22. The summed E-state index contributed by atoms with van der Waals surface area (Å²) in [6, 6.07) is 25.0. The van der Waals surface area contributed by atoms with Crippen LogP contribution >= 0.6 is 0 Å². The summed E-state index contributed by atoms with van der Waals surface area (Å²) in [4.78, 5) is 9.57. The second-order valence-corrected chi connectivity index (χ2v) is 5.54. The Balaban J connectivity index is 1.95. The first-order valence-electron chi connectivity index (χ1n) is 7.37. The average Bonchev–Trinajstić information content (AvgIpc) is 2.60. The molecule has 0 saturated heterocycles. The molecule has 0 spiro atoms. The first kappa shape index (κ1) is 11.6. The van der Waals surface area contributed by atoms with Gasteiger partial charge in [0.05, 0.1) is 11.0 Å². The van der Waals surface area contributed by atoms with Gasteiger partial charge in [-0.1, -0.05) is 60.7 Å². The molecule has 2 nitrogen and oxygen atoms in total. The Labute approximate surface area is 127 Å². The summed E-state index contributed by atoms with van der Waals surface area (Å²) in [5, 5.41) is 4.91. The minimum atomic E-state index is 0.784. The van der Waals surface area contributed by atoms with E-state index in [1.54, 1.807) is 0 Å². The Morgan fingerprint density at radius 2 is 1.14 bits per heavy atom. The van der Waals surface area contributed by atoms with E-state index in [1.807, 2.05) is 30.3 Å². The quantitative estimate of drug-likeness (QED) is 0.402. The topological polar surface area (TPSA) is 25.8 Å². The average molecular weight is 280 g/mol. The van der Waals surface area contributed by atoms with Gasteiger partial charge in [0.2, 0.25) is 0 Å². The zero-order valence-corrected chi connectivity index (χ0v) is 11.8. The van der Waals surface area contributed by atoms with Crippen LogP contribution in [0.1, 0.15) is 0 Å². The number of hydrogen-bond donors (Lipinski definition) is 0. The smallest absolute Gasteiger partial charge is 0.160 e. The van der Waals surface area contributed by atoms with Crippen molar-refractivity contribution in [1.29, 1.82) is 0 Å². The van der Waals surface area contributed by atoms with Crippen molar-refractivity contribution in [2.24, 2.45) is 0 Å². The van der Waals surface area contributed by atoms with Crippen molar-refractivity contribution in [2.75, 3.05) is 0 Å². The lowest BCUT2D eigenvalue weighted by Crippen LogP contribution is -1.93. The molecule has 0 unspecified atom stereocenters. The van der Waals surface area contributed by atoms with Gasteiger partial charge in [-0.3, -0.25) is 0 Å². The Morgan fingerprint density at radius 1 is 0.500 bits per heavy atom. The van der Waals surface area contributed by atoms with E-state index >= 15 is 0 Å². The summed E-state index contributed by atoms with van der Waals surface area (Å²) in [6.07, 6.45) is 0. The lowest BCUT2D eigenvalue weighted by atomic mass is 9.99. The Kier molecular flexibility index (Phi) is 2.25. The third kappa shape index (κ3) is 1.55. The number of hydrogen-bond acceptors (Lipinski definition) is 2. The Morgan fingerprint density at radius 3 is 1.77 bits per heavy atom. The van der Waals surface area contributed by atoms with E-state index in [0.29, 0.717) is 0 Å². The van der Waals surface area contributed by atoms with Gasteiger partial charge in [-0.25, -0.2) is 9.97 Å². The maximum atomic E-state index is 4.79. The lowest BCUT2D eigenvalue weighted by molar-refractivity contribution is 1.26. The van der Waals surface area contributed by atoms with Crippen LogP contribution in [0.25, 0.3) is 44.0 Å². The van der Waals surface area contributed by atoms with Gasteiger partial charge in [0, 0.05) is 16.3 Å². The largest absolute Gasteiger partial charge is 0.228 e. The predicted molar refractivity (Wildman–Crippen MR) is 91.2 cm³/mol. The summed E-state index contributed by atoms with van der Waals surface area (Å²) in [5.41, 5.74) is 3.06. The summed E-state index contributed by atoms with van der Waals surface area (Å²) in [6.45, 7) is 0. The fourth-order valence-electron chi connectivity index (χ4n) is 3.20. The van der Waals surface area contributed by atoms with Gasteiger partial charge in [0.1, 0.15) is 0 Å². The molecule has 22 heavy (non-hydrogen) atoms. The zero-order valence-electron chi connectivity index (χ0n) is 11.8. The van der Waals surface area contributed by atoms with Crippen molar-refractivity contribution < 1.29 is 0 Å². The zero-order chi connectivity index (χ0) is 14.5. The molecule has 0 fully saturated rings. The van der Waals surface area contributed by atoms with E-state index in [2.05, 4.69) is 42.5 Å². The SMILES string of the molecule is c1ccc(-c2nc3ccc4cccc5ccc(n2)c3c45)cc1. The normalized spacial score (nSPS) is 11.6. The molecule has 102 valence electrons. The van der Waals surface area contributed by atoms with Crippen LogP contribution in [0.5, 0.6) is 0 Å². The highest BCUT2D eigenvalue weighted by Gasteiger charge is 2.11. The molecule has 0 bridgehead atoms. The van der Waals surface area contributed by atoms with Crippen LogP contribution in [0.4, 0.5) is 0 Å². The number of aromatic nitrogens is 2.